The number of aromatic nitrogens is 3. The molecule has 3 N–H and O–H groups in total. The van der Waals surface area contributed by atoms with Crippen LogP contribution in [0.15, 0.2) is 35.6 Å². The lowest BCUT2D eigenvalue weighted by molar-refractivity contribution is 0.138. The lowest BCUT2D eigenvalue weighted by Crippen LogP contribution is -2.36. The van der Waals surface area contributed by atoms with Crippen LogP contribution in [0.3, 0.4) is 0 Å². The number of ether oxygens (including phenoxy) is 1. The number of nitrogens with one attached hydrogen (secondary N) is 2. The van der Waals surface area contributed by atoms with Gasteiger partial charge in [0.1, 0.15) is 12.8 Å². The van der Waals surface area contributed by atoms with Crippen LogP contribution in [0, 0.1) is 0 Å². The number of carbonyl (C=O) groups is 1. The van der Waals surface area contributed by atoms with Gasteiger partial charge in [-0.2, -0.15) is 8.42 Å². The zero-order valence-electron chi connectivity index (χ0n) is 13.6. The van der Waals surface area contributed by atoms with Gasteiger partial charge in [-0.25, -0.2) is 28.9 Å². The quantitative estimate of drug-likeness (QED) is 0.626. The van der Waals surface area contributed by atoms with Crippen molar-refractivity contribution in [2.24, 2.45) is 0 Å². The van der Waals surface area contributed by atoms with E-state index in [1.807, 2.05) is 0 Å². The molecule has 0 radical (unpaired) electrons. The van der Waals surface area contributed by atoms with Crippen LogP contribution in [-0.4, -0.2) is 48.3 Å². The molecule has 0 bridgehead atoms. The molecule has 2 rings (SSSR count). The number of aliphatic hydroxyl groups is 1. The molecule has 2 aromatic heterocycles. The highest BCUT2D eigenvalue weighted by Gasteiger charge is 2.26. The Morgan fingerprint density at radius 2 is 2.12 bits per heavy atom. The standard InChI is InChI=1S/C14H16FN5O5S/c1-25-8-9-4-6-17-13(18-9)19-14(22)20-26(23,24)12-10(11(21)7-15)3-2-5-16-12/h2-6,11,21H,7-8H2,1H3,(H2,17,18,19,20,22). The zero-order valence-corrected chi connectivity index (χ0v) is 14.4. The molecule has 0 aliphatic heterocycles. The number of alkyl halides is 1. The van der Waals surface area contributed by atoms with Crippen LogP contribution >= 0.6 is 0 Å². The van der Waals surface area contributed by atoms with Gasteiger partial charge < -0.3 is 9.84 Å². The van der Waals surface area contributed by atoms with Gasteiger partial charge in [0.05, 0.1) is 12.3 Å². The molecule has 10 nitrogen and oxygen atoms in total. The molecule has 1 unspecified atom stereocenters. The molecule has 0 aliphatic rings. The minimum atomic E-state index is -4.47. The Hall–Kier alpha value is -2.70. The predicted octanol–water partition coefficient (Wildman–Crippen LogP) is 0.531. The minimum Gasteiger partial charge on any atom is -0.386 e. The first-order valence-corrected chi connectivity index (χ1v) is 8.69. The van der Waals surface area contributed by atoms with Crippen molar-refractivity contribution in [1.29, 1.82) is 0 Å². The largest absolute Gasteiger partial charge is 0.386 e. The smallest absolute Gasteiger partial charge is 0.335 e. The third kappa shape index (κ3) is 4.91. The van der Waals surface area contributed by atoms with E-state index in [1.54, 1.807) is 10.8 Å². The first-order valence-electron chi connectivity index (χ1n) is 7.21. The Labute approximate surface area is 148 Å². The summed E-state index contributed by atoms with van der Waals surface area (Å²) < 4.78 is 43.9. The monoisotopic (exact) mass is 385 g/mol. The lowest BCUT2D eigenvalue weighted by atomic mass is 10.2. The number of aliphatic hydroxyl groups excluding tert-OH is 1. The molecule has 26 heavy (non-hydrogen) atoms. The topological polar surface area (TPSA) is 143 Å². The molecule has 0 saturated heterocycles. The summed E-state index contributed by atoms with van der Waals surface area (Å²) in [5, 5.41) is 11.1. The number of urea groups is 1. The summed E-state index contributed by atoms with van der Waals surface area (Å²) in [6.45, 7) is -1.03. The number of nitrogens with zero attached hydrogens (tertiary/aromatic N) is 3. The van der Waals surface area contributed by atoms with Crippen molar-refractivity contribution in [2.75, 3.05) is 19.1 Å². The van der Waals surface area contributed by atoms with Gasteiger partial charge in [0, 0.05) is 25.1 Å². The van der Waals surface area contributed by atoms with Crippen molar-refractivity contribution < 1.29 is 27.4 Å². The maximum absolute atomic E-state index is 12.7. The number of halogens is 1. The molecule has 0 fully saturated rings. The van der Waals surface area contributed by atoms with Gasteiger partial charge in [-0.1, -0.05) is 6.07 Å². The summed E-state index contributed by atoms with van der Waals surface area (Å²) in [5.41, 5.74) is 0.201. The van der Waals surface area contributed by atoms with Gasteiger partial charge in [-0.15, -0.1) is 0 Å². The van der Waals surface area contributed by atoms with E-state index in [9.17, 15) is 22.7 Å². The van der Waals surface area contributed by atoms with E-state index in [1.165, 1.54) is 25.4 Å². The zero-order chi connectivity index (χ0) is 19.2. The normalized spacial score (nSPS) is 12.4. The number of pyridine rings is 1. The van der Waals surface area contributed by atoms with Crippen molar-refractivity contribution in [3.63, 3.8) is 0 Å². The fourth-order valence-electron chi connectivity index (χ4n) is 1.95. The molecular weight excluding hydrogens is 369 g/mol. The van der Waals surface area contributed by atoms with Gasteiger partial charge in [-0.05, 0) is 12.1 Å². The van der Waals surface area contributed by atoms with Crippen LogP contribution < -0.4 is 10.0 Å². The van der Waals surface area contributed by atoms with E-state index in [-0.39, 0.29) is 18.1 Å². The second kappa shape index (κ2) is 8.60. The van der Waals surface area contributed by atoms with Crippen LogP contribution in [0.2, 0.25) is 0 Å². The molecule has 0 aliphatic carbocycles. The van der Waals surface area contributed by atoms with E-state index in [2.05, 4.69) is 20.3 Å². The third-order valence-electron chi connectivity index (χ3n) is 3.02. The highest BCUT2D eigenvalue weighted by molar-refractivity contribution is 7.90. The van der Waals surface area contributed by atoms with E-state index >= 15 is 0 Å². The molecular formula is C14H16FN5O5S. The number of carbonyl (C=O) groups excluding carboxylic acids is 1. The maximum Gasteiger partial charge on any atom is 0.335 e. The second-order valence-corrected chi connectivity index (χ2v) is 6.53. The minimum absolute atomic E-state index is 0.141. The first kappa shape index (κ1) is 19.6. The van der Waals surface area contributed by atoms with Crippen LogP contribution in [0.4, 0.5) is 15.1 Å². The van der Waals surface area contributed by atoms with Crippen LogP contribution in [0.25, 0.3) is 0 Å². The fraction of sp³-hybridized carbons (Fsp3) is 0.286. The molecule has 0 aromatic carbocycles. The van der Waals surface area contributed by atoms with E-state index in [0.717, 1.165) is 6.20 Å². The Kier molecular flexibility index (Phi) is 6.49. The Balaban J connectivity index is 2.17. The average molecular weight is 385 g/mol. The fourth-order valence-corrected chi connectivity index (χ4v) is 3.05. The van der Waals surface area contributed by atoms with Crippen LogP contribution in [0.1, 0.15) is 17.4 Å². The molecule has 2 amide bonds. The van der Waals surface area contributed by atoms with Crippen molar-refractivity contribution in [3.05, 3.63) is 41.9 Å². The predicted molar refractivity (Wildman–Crippen MR) is 87.3 cm³/mol. The van der Waals surface area contributed by atoms with Crippen LogP contribution in [-0.2, 0) is 21.4 Å². The number of methoxy groups -OCH3 is 1. The van der Waals surface area contributed by atoms with E-state index < -0.39 is 33.9 Å². The molecule has 140 valence electrons. The van der Waals surface area contributed by atoms with Crippen molar-refractivity contribution in [1.82, 2.24) is 19.7 Å². The summed E-state index contributed by atoms with van der Waals surface area (Å²) in [6, 6.07) is 2.94. The number of sulfonamides is 1. The Bertz CT molecular complexity index is 880. The van der Waals surface area contributed by atoms with E-state index in [4.69, 9.17) is 4.74 Å². The summed E-state index contributed by atoms with van der Waals surface area (Å²) in [6.07, 6.45) is 0.811. The van der Waals surface area contributed by atoms with Gasteiger partial charge >= 0.3 is 6.03 Å². The Morgan fingerprint density at radius 3 is 2.81 bits per heavy atom. The van der Waals surface area contributed by atoms with Gasteiger partial charge in [0.15, 0.2) is 5.03 Å². The van der Waals surface area contributed by atoms with Crippen molar-refractivity contribution in [2.45, 2.75) is 17.7 Å². The molecule has 2 heterocycles. The lowest BCUT2D eigenvalue weighted by Gasteiger charge is -2.13. The summed E-state index contributed by atoms with van der Waals surface area (Å²) in [7, 11) is -3.00. The summed E-state index contributed by atoms with van der Waals surface area (Å²) in [5.74, 6) is -0.141. The van der Waals surface area contributed by atoms with Gasteiger partial charge in [-0.3, -0.25) is 5.32 Å². The first-order chi connectivity index (χ1) is 12.4. The molecule has 0 spiro atoms. The number of hydrogen-bond acceptors (Lipinski definition) is 8. The van der Waals surface area contributed by atoms with Crippen molar-refractivity contribution in [3.8, 4) is 0 Å². The third-order valence-corrected chi connectivity index (χ3v) is 4.32. The number of amides is 2. The van der Waals surface area contributed by atoms with E-state index in [0.29, 0.717) is 5.69 Å². The van der Waals surface area contributed by atoms with Crippen LogP contribution in [0.5, 0.6) is 0 Å². The molecule has 0 saturated carbocycles. The highest BCUT2D eigenvalue weighted by atomic mass is 32.2. The molecule has 2 aromatic rings. The molecule has 1 atom stereocenters. The average Bonchev–Trinajstić information content (AvgIpc) is 2.61. The maximum atomic E-state index is 12.7. The summed E-state index contributed by atoms with van der Waals surface area (Å²) >= 11 is 0. The van der Waals surface area contributed by atoms with Gasteiger partial charge in [0.2, 0.25) is 5.95 Å². The number of rotatable bonds is 7. The van der Waals surface area contributed by atoms with Crippen molar-refractivity contribution >= 4 is 22.0 Å². The highest BCUT2D eigenvalue weighted by Crippen LogP contribution is 2.20. The number of anilines is 1. The SMILES string of the molecule is COCc1ccnc(NC(=O)NS(=O)(=O)c2ncccc2C(O)CF)n1. The molecule has 12 heteroatoms. The second-order valence-electron chi connectivity index (χ2n) is 4.93. The summed E-state index contributed by atoms with van der Waals surface area (Å²) in [4.78, 5) is 23.3. The number of hydrogen-bond donors (Lipinski definition) is 3. The Morgan fingerprint density at radius 1 is 1.35 bits per heavy atom. The van der Waals surface area contributed by atoms with Gasteiger partial charge in [0.25, 0.3) is 10.0 Å².